The molecule has 0 fully saturated rings. The molecule has 1 N–H and O–H groups in total. The van der Waals surface area contributed by atoms with Crippen LogP contribution in [0, 0.1) is 0 Å². The summed E-state index contributed by atoms with van der Waals surface area (Å²) in [6.45, 7) is 0. The molecule has 2 nitrogen and oxygen atoms in total. The van der Waals surface area contributed by atoms with E-state index in [0.717, 1.165) is 10.8 Å². The van der Waals surface area contributed by atoms with Crippen molar-refractivity contribution in [2.75, 3.05) is 0 Å². The van der Waals surface area contributed by atoms with Crippen LogP contribution in [-0.2, 0) is 0 Å². The molecule has 3 heteroatoms. The molecular weight excluding hydrogens is 194 g/mol. The summed E-state index contributed by atoms with van der Waals surface area (Å²) in [6, 6.07) is 13.4. The highest BCUT2D eigenvalue weighted by Crippen LogP contribution is 2.18. The number of carbonyl (C=O) groups excluding carboxylic acids is 1. The fourth-order valence-electron chi connectivity index (χ4n) is 1.48. The first kappa shape index (κ1) is 9.09. The summed E-state index contributed by atoms with van der Waals surface area (Å²) < 4.78 is 2.33. The highest BCUT2D eigenvalue weighted by Gasteiger charge is 2.06. The zero-order chi connectivity index (χ0) is 9.97. The molecular formula is C11H9NOS. The molecule has 1 amide bonds. The van der Waals surface area contributed by atoms with Crippen molar-refractivity contribution < 1.29 is 4.79 Å². The van der Waals surface area contributed by atoms with E-state index in [-0.39, 0.29) is 5.91 Å². The normalized spacial score (nSPS) is 10.1. The number of nitrogens with one attached hydrogen (secondary N) is 1. The van der Waals surface area contributed by atoms with Crippen LogP contribution in [0.2, 0.25) is 0 Å². The quantitative estimate of drug-likeness (QED) is 0.685. The molecule has 0 unspecified atom stereocenters. The van der Waals surface area contributed by atoms with Crippen molar-refractivity contribution in [1.82, 2.24) is 4.72 Å². The van der Waals surface area contributed by atoms with Crippen molar-refractivity contribution >= 4 is 29.5 Å². The van der Waals surface area contributed by atoms with Gasteiger partial charge in [0, 0.05) is 5.56 Å². The fraction of sp³-hybridized carbons (Fsp3) is 0. The van der Waals surface area contributed by atoms with Crippen LogP contribution >= 0.6 is 12.8 Å². The lowest BCUT2D eigenvalue weighted by molar-refractivity contribution is 0.0986. The van der Waals surface area contributed by atoms with Crippen LogP contribution < -0.4 is 4.72 Å². The number of thiol groups is 1. The van der Waals surface area contributed by atoms with E-state index < -0.39 is 0 Å². The Balaban J connectivity index is 2.71. The van der Waals surface area contributed by atoms with Crippen LogP contribution in [0.1, 0.15) is 10.4 Å². The molecule has 0 aliphatic heterocycles. The van der Waals surface area contributed by atoms with Gasteiger partial charge in [-0.1, -0.05) is 49.2 Å². The SMILES string of the molecule is O=C(NS)c1cccc2ccccc12. The fourth-order valence-corrected chi connectivity index (χ4v) is 1.60. The molecule has 70 valence electrons. The molecule has 0 spiro atoms. The van der Waals surface area contributed by atoms with E-state index in [9.17, 15) is 4.79 Å². The van der Waals surface area contributed by atoms with E-state index in [4.69, 9.17) is 0 Å². The number of rotatable bonds is 1. The van der Waals surface area contributed by atoms with Gasteiger partial charge in [-0.3, -0.25) is 9.52 Å². The Morgan fingerprint density at radius 1 is 1.07 bits per heavy atom. The van der Waals surface area contributed by atoms with Crippen molar-refractivity contribution in [3.05, 3.63) is 48.0 Å². The first-order valence-corrected chi connectivity index (χ1v) is 4.70. The highest BCUT2D eigenvalue weighted by molar-refractivity contribution is 7.78. The molecule has 0 saturated carbocycles. The predicted octanol–water partition coefficient (Wildman–Crippen LogP) is 2.41. The summed E-state index contributed by atoms with van der Waals surface area (Å²) in [4.78, 5) is 11.4. The van der Waals surface area contributed by atoms with E-state index in [0.29, 0.717) is 5.56 Å². The van der Waals surface area contributed by atoms with Gasteiger partial charge in [0.1, 0.15) is 0 Å². The molecule has 0 aliphatic rings. The molecule has 0 radical (unpaired) electrons. The van der Waals surface area contributed by atoms with Gasteiger partial charge in [-0.05, 0) is 16.8 Å². The highest BCUT2D eigenvalue weighted by atomic mass is 32.1. The second-order valence-electron chi connectivity index (χ2n) is 2.97. The van der Waals surface area contributed by atoms with Gasteiger partial charge in [-0.25, -0.2) is 0 Å². The van der Waals surface area contributed by atoms with Crippen molar-refractivity contribution in [2.45, 2.75) is 0 Å². The van der Waals surface area contributed by atoms with E-state index in [1.807, 2.05) is 36.4 Å². The third-order valence-corrected chi connectivity index (χ3v) is 2.34. The molecule has 0 aromatic heterocycles. The second kappa shape index (κ2) is 3.72. The van der Waals surface area contributed by atoms with Gasteiger partial charge in [-0.2, -0.15) is 0 Å². The number of hydrogen-bond donors (Lipinski definition) is 2. The first-order valence-electron chi connectivity index (χ1n) is 4.25. The summed E-state index contributed by atoms with van der Waals surface area (Å²) in [5.41, 5.74) is 0.651. The summed E-state index contributed by atoms with van der Waals surface area (Å²) >= 11 is 3.75. The van der Waals surface area contributed by atoms with Gasteiger partial charge >= 0.3 is 0 Å². The summed E-state index contributed by atoms with van der Waals surface area (Å²) in [7, 11) is 0. The Morgan fingerprint density at radius 3 is 2.57 bits per heavy atom. The van der Waals surface area contributed by atoms with Crippen molar-refractivity contribution in [3.8, 4) is 0 Å². The number of hydrogen-bond acceptors (Lipinski definition) is 2. The van der Waals surface area contributed by atoms with E-state index in [1.54, 1.807) is 6.07 Å². The van der Waals surface area contributed by atoms with Gasteiger partial charge < -0.3 is 0 Å². The van der Waals surface area contributed by atoms with E-state index >= 15 is 0 Å². The van der Waals surface area contributed by atoms with Crippen LogP contribution in [0.15, 0.2) is 42.5 Å². The minimum Gasteiger partial charge on any atom is -0.299 e. The molecule has 0 heterocycles. The molecule has 0 saturated heterocycles. The summed E-state index contributed by atoms with van der Waals surface area (Å²) in [5.74, 6) is -0.176. The third-order valence-electron chi connectivity index (χ3n) is 2.14. The van der Waals surface area contributed by atoms with Gasteiger partial charge in [0.05, 0.1) is 0 Å². The topological polar surface area (TPSA) is 29.1 Å². The number of fused-ring (bicyclic) bond motifs is 1. The lowest BCUT2D eigenvalue weighted by Crippen LogP contribution is -2.12. The van der Waals surface area contributed by atoms with Gasteiger partial charge in [-0.15, -0.1) is 0 Å². The van der Waals surface area contributed by atoms with E-state index in [1.165, 1.54) is 0 Å². The average molecular weight is 203 g/mol. The largest absolute Gasteiger partial charge is 0.299 e. The Morgan fingerprint density at radius 2 is 1.79 bits per heavy atom. The molecule has 0 atom stereocenters. The number of carbonyl (C=O) groups is 1. The Hall–Kier alpha value is -1.48. The maximum absolute atomic E-state index is 11.4. The average Bonchev–Trinajstić information content (AvgIpc) is 2.27. The molecule has 2 aromatic carbocycles. The summed E-state index contributed by atoms with van der Waals surface area (Å²) in [5, 5.41) is 2.00. The molecule has 0 bridgehead atoms. The van der Waals surface area contributed by atoms with Crippen LogP contribution in [-0.4, -0.2) is 5.91 Å². The second-order valence-corrected chi connectivity index (χ2v) is 3.19. The van der Waals surface area contributed by atoms with Crippen molar-refractivity contribution in [1.29, 1.82) is 0 Å². The predicted molar refractivity (Wildman–Crippen MR) is 60.4 cm³/mol. The number of benzene rings is 2. The first-order chi connectivity index (χ1) is 6.83. The lowest BCUT2D eigenvalue weighted by Gasteiger charge is -2.03. The van der Waals surface area contributed by atoms with Gasteiger partial charge in [0.25, 0.3) is 5.91 Å². The third kappa shape index (κ3) is 1.46. The zero-order valence-corrected chi connectivity index (χ0v) is 8.29. The molecule has 2 aromatic rings. The maximum atomic E-state index is 11.4. The standard InChI is InChI=1S/C11H9NOS/c13-11(12-14)10-7-3-5-8-4-1-2-6-9(8)10/h1-7,14H,(H,12,13). The summed E-state index contributed by atoms with van der Waals surface area (Å²) in [6.07, 6.45) is 0. The smallest absolute Gasteiger partial charge is 0.261 e. The molecule has 14 heavy (non-hydrogen) atoms. The van der Waals surface area contributed by atoms with Gasteiger partial charge in [0.2, 0.25) is 0 Å². The molecule has 2 rings (SSSR count). The van der Waals surface area contributed by atoms with Crippen LogP contribution in [0.4, 0.5) is 0 Å². The lowest BCUT2D eigenvalue weighted by atomic mass is 10.0. The van der Waals surface area contributed by atoms with E-state index in [2.05, 4.69) is 17.5 Å². The monoisotopic (exact) mass is 203 g/mol. The van der Waals surface area contributed by atoms with Crippen LogP contribution in [0.3, 0.4) is 0 Å². The van der Waals surface area contributed by atoms with Crippen molar-refractivity contribution in [3.63, 3.8) is 0 Å². The Labute approximate surface area is 87.5 Å². The van der Waals surface area contributed by atoms with Crippen LogP contribution in [0.5, 0.6) is 0 Å². The maximum Gasteiger partial charge on any atom is 0.261 e. The number of amides is 1. The minimum atomic E-state index is -0.176. The zero-order valence-electron chi connectivity index (χ0n) is 7.40. The Bertz CT molecular complexity index is 476. The van der Waals surface area contributed by atoms with Gasteiger partial charge in [0.15, 0.2) is 0 Å². The molecule has 0 aliphatic carbocycles. The minimum absolute atomic E-state index is 0.176. The Kier molecular flexibility index (Phi) is 2.41. The van der Waals surface area contributed by atoms with Crippen molar-refractivity contribution in [2.24, 2.45) is 0 Å². The van der Waals surface area contributed by atoms with Crippen LogP contribution in [0.25, 0.3) is 10.8 Å².